The van der Waals surface area contributed by atoms with Gasteiger partial charge in [0.1, 0.15) is 5.76 Å². The van der Waals surface area contributed by atoms with Crippen molar-refractivity contribution < 1.29 is 22.7 Å². The molecule has 1 saturated heterocycles. The van der Waals surface area contributed by atoms with Gasteiger partial charge in [-0.05, 0) is 75.2 Å². The van der Waals surface area contributed by atoms with Crippen molar-refractivity contribution in [2.45, 2.75) is 37.6 Å². The Kier molecular flexibility index (Phi) is 5.69. The number of aromatic carboxylic acids is 1. The zero-order chi connectivity index (χ0) is 19.6. The monoisotopic (exact) mass is 392 g/mol. The van der Waals surface area contributed by atoms with Gasteiger partial charge in [-0.1, -0.05) is 0 Å². The van der Waals surface area contributed by atoms with Gasteiger partial charge in [-0.25, -0.2) is 17.9 Å². The van der Waals surface area contributed by atoms with E-state index in [0.29, 0.717) is 16.9 Å². The van der Waals surface area contributed by atoms with Crippen LogP contribution in [-0.2, 0) is 10.0 Å². The molecule has 2 heterocycles. The number of likely N-dealkylation sites (tertiary alicyclic amines) is 1. The third kappa shape index (κ3) is 4.23. The summed E-state index contributed by atoms with van der Waals surface area (Å²) in [7, 11) is -3.87. The van der Waals surface area contributed by atoms with Crippen LogP contribution < -0.4 is 4.72 Å². The predicted molar refractivity (Wildman–Crippen MR) is 100 cm³/mol. The molecular formula is C19H24N2O5S. The van der Waals surface area contributed by atoms with Gasteiger partial charge in [-0.2, -0.15) is 0 Å². The minimum absolute atomic E-state index is 0.000447. The van der Waals surface area contributed by atoms with Crippen LogP contribution in [0.25, 0.3) is 0 Å². The quantitative estimate of drug-likeness (QED) is 0.752. The van der Waals surface area contributed by atoms with Crippen LogP contribution in [0.15, 0.2) is 39.8 Å². The number of carboxylic acids is 1. The lowest BCUT2D eigenvalue weighted by atomic mass is 10.1. The SMILES string of the molecule is Cc1cc(C(=O)O)cc(S(=O)(=O)NC[C@H](c2ccco2)N2CCCC2)c1C. The average Bonchev–Trinajstić information content (AvgIpc) is 3.31. The summed E-state index contributed by atoms with van der Waals surface area (Å²) in [5, 5.41) is 9.24. The highest BCUT2D eigenvalue weighted by atomic mass is 32.2. The average molecular weight is 392 g/mol. The molecule has 0 unspecified atom stereocenters. The molecule has 0 aliphatic carbocycles. The largest absolute Gasteiger partial charge is 0.478 e. The van der Waals surface area contributed by atoms with E-state index in [0.717, 1.165) is 25.9 Å². The second-order valence-electron chi connectivity index (χ2n) is 6.85. The molecule has 3 rings (SSSR count). The van der Waals surface area contributed by atoms with Crippen molar-refractivity contribution in [2.75, 3.05) is 19.6 Å². The molecule has 27 heavy (non-hydrogen) atoms. The lowest BCUT2D eigenvalue weighted by Crippen LogP contribution is -2.37. The van der Waals surface area contributed by atoms with Crippen molar-refractivity contribution >= 4 is 16.0 Å². The summed E-state index contributed by atoms with van der Waals surface area (Å²) >= 11 is 0. The number of nitrogens with one attached hydrogen (secondary N) is 1. The molecule has 0 saturated carbocycles. The number of benzene rings is 1. The van der Waals surface area contributed by atoms with Crippen molar-refractivity contribution in [3.05, 3.63) is 53.0 Å². The van der Waals surface area contributed by atoms with E-state index in [9.17, 15) is 18.3 Å². The van der Waals surface area contributed by atoms with E-state index in [2.05, 4.69) is 9.62 Å². The number of nitrogens with zero attached hydrogens (tertiary/aromatic N) is 1. The molecule has 146 valence electrons. The maximum Gasteiger partial charge on any atom is 0.335 e. The summed E-state index contributed by atoms with van der Waals surface area (Å²) in [4.78, 5) is 13.5. The van der Waals surface area contributed by atoms with E-state index >= 15 is 0 Å². The Balaban J connectivity index is 1.86. The summed E-state index contributed by atoms with van der Waals surface area (Å²) < 4.78 is 34.0. The van der Waals surface area contributed by atoms with Crippen molar-refractivity contribution in [3.63, 3.8) is 0 Å². The van der Waals surface area contributed by atoms with Gasteiger partial charge in [-0.15, -0.1) is 0 Å². The normalized spacial score (nSPS) is 16.5. The van der Waals surface area contributed by atoms with Gasteiger partial charge < -0.3 is 9.52 Å². The Labute approximate surface area is 159 Å². The number of hydrogen-bond donors (Lipinski definition) is 2. The van der Waals surface area contributed by atoms with E-state index in [4.69, 9.17) is 4.42 Å². The zero-order valence-corrected chi connectivity index (χ0v) is 16.3. The van der Waals surface area contributed by atoms with Crippen LogP contribution in [0.1, 0.15) is 46.1 Å². The summed E-state index contributed by atoms with van der Waals surface area (Å²) in [5.41, 5.74) is 1.13. The Morgan fingerprint density at radius 3 is 2.59 bits per heavy atom. The first-order chi connectivity index (χ1) is 12.8. The maximum absolute atomic E-state index is 12.9. The number of carbonyl (C=O) groups is 1. The highest BCUT2D eigenvalue weighted by Gasteiger charge is 2.28. The maximum atomic E-state index is 12.9. The summed E-state index contributed by atoms with van der Waals surface area (Å²) in [6.45, 7) is 5.32. The third-order valence-corrected chi connectivity index (χ3v) is 6.63. The molecule has 1 aliphatic heterocycles. The molecule has 1 atom stereocenters. The molecule has 7 nitrogen and oxygen atoms in total. The fourth-order valence-corrected chi connectivity index (χ4v) is 4.82. The molecule has 1 aromatic carbocycles. The molecule has 2 aromatic rings. The standard InChI is InChI=1S/C19H24N2O5S/c1-13-10-15(19(22)23)11-18(14(13)2)27(24,25)20-12-16(17-6-5-9-26-17)21-7-3-4-8-21/h5-6,9-11,16,20H,3-4,7-8,12H2,1-2H3,(H,22,23)/t16-/m1/s1. The van der Waals surface area contributed by atoms with E-state index in [-0.39, 0.29) is 23.0 Å². The first-order valence-electron chi connectivity index (χ1n) is 8.91. The fourth-order valence-electron chi connectivity index (χ4n) is 3.44. The second-order valence-corrected chi connectivity index (χ2v) is 8.58. The van der Waals surface area contributed by atoms with E-state index < -0.39 is 16.0 Å². The van der Waals surface area contributed by atoms with Crippen LogP contribution in [0.5, 0.6) is 0 Å². The lowest BCUT2D eigenvalue weighted by Gasteiger charge is -2.26. The van der Waals surface area contributed by atoms with Gasteiger partial charge in [-0.3, -0.25) is 4.90 Å². The minimum atomic E-state index is -3.87. The predicted octanol–water partition coefficient (Wildman–Crippen LogP) is 2.71. The first kappa shape index (κ1) is 19.6. The van der Waals surface area contributed by atoms with Gasteiger partial charge in [0.15, 0.2) is 0 Å². The van der Waals surface area contributed by atoms with Crippen LogP contribution in [0.3, 0.4) is 0 Å². The lowest BCUT2D eigenvalue weighted by molar-refractivity contribution is 0.0696. The van der Waals surface area contributed by atoms with Crippen LogP contribution in [0, 0.1) is 13.8 Å². The van der Waals surface area contributed by atoms with Crippen LogP contribution >= 0.6 is 0 Å². The molecule has 0 spiro atoms. The van der Waals surface area contributed by atoms with Gasteiger partial charge in [0.2, 0.25) is 10.0 Å². The highest BCUT2D eigenvalue weighted by molar-refractivity contribution is 7.89. The summed E-state index contributed by atoms with van der Waals surface area (Å²) in [5.74, 6) is -0.438. The molecule has 8 heteroatoms. The van der Waals surface area contributed by atoms with E-state index in [1.807, 2.05) is 6.07 Å². The number of aryl methyl sites for hydroxylation is 1. The first-order valence-corrected chi connectivity index (χ1v) is 10.4. The Bertz CT molecular complexity index is 916. The smallest absolute Gasteiger partial charge is 0.335 e. The van der Waals surface area contributed by atoms with Gasteiger partial charge >= 0.3 is 5.97 Å². The zero-order valence-electron chi connectivity index (χ0n) is 15.4. The number of rotatable bonds is 7. The van der Waals surface area contributed by atoms with Crippen molar-refractivity contribution in [3.8, 4) is 0 Å². The van der Waals surface area contributed by atoms with Gasteiger partial charge in [0.05, 0.1) is 22.8 Å². The van der Waals surface area contributed by atoms with Crippen LogP contribution in [0.2, 0.25) is 0 Å². The summed E-state index contributed by atoms with van der Waals surface area (Å²) in [6, 6.07) is 6.13. The van der Waals surface area contributed by atoms with E-state index in [1.54, 1.807) is 26.2 Å². The minimum Gasteiger partial charge on any atom is -0.478 e. The molecule has 2 N–H and O–H groups in total. The van der Waals surface area contributed by atoms with Gasteiger partial charge in [0.25, 0.3) is 0 Å². The topological polar surface area (TPSA) is 99.8 Å². The number of hydrogen-bond acceptors (Lipinski definition) is 5. The van der Waals surface area contributed by atoms with Crippen molar-refractivity contribution in [2.24, 2.45) is 0 Å². The van der Waals surface area contributed by atoms with Crippen molar-refractivity contribution in [1.82, 2.24) is 9.62 Å². The molecule has 1 aliphatic rings. The Morgan fingerprint density at radius 1 is 1.30 bits per heavy atom. The van der Waals surface area contributed by atoms with Crippen LogP contribution in [0.4, 0.5) is 0 Å². The number of furan rings is 1. The van der Waals surface area contributed by atoms with Crippen molar-refractivity contribution in [1.29, 1.82) is 0 Å². The Morgan fingerprint density at radius 2 is 2.00 bits per heavy atom. The molecule has 0 amide bonds. The third-order valence-electron chi connectivity index (χ3n) is 5.08. The molecule has 0 radical (unpaired) electrons. The van der Waals surface area contributed by atoms with Crippen LogP contribution in [-0.4, -0.2) is 44.0 Å². The number of sulfonamides is 1. The fraction of sp³-hybridized carbons (Fsp3) is 0.421. The second kappa shape index (κ2) is 7.84. The summed E-state index contributed by atoms with van der Waals surface area (Å²) in [6.07, 6.45) is 3.72. The van der Waals surface area contributed by atoms with E-state index in [1.165, 1.54) is 12.1 Å². The molecular weight excluding hydrogens is 368 g/mol. The highest BCUT2D eigenvalue weighted by Crippen LogP contribution is 2.26. The Hall–Kier alpha value is -2.16. The van der Waals surface area contributed by atoms with Gasteiger partial charge in [0, 0.05) is 6.54 Å². The molecule has 1 fully saturated rings. The number of carboxylic acid groups (broad SMARTS) is 1. The molecule has 1 aromatic heterocycles. The molecule has 0 bridgehead atoms.